The zero-order chi connectivity index (χ0) is 15.7. The first-order valence-electron chi connectivity index (χ1n) is 8.03. The molecule has 0 amide bonds. The number of nitrogens with zero attached hydrogens (tertiary/aromatic N) is 1. The van der Waals surface area contributed by atoms with Crippen LogP contribution in [0.5, 0.6) is 0 Å². The van der Waals surface area contributed by atoms with Crippen LogP contribution >= 0.6 is 0 Å². The van der Waals surface area contributed by atoms with E-state index in [-0.39, 0.29) is 12.2 Å². The van der Waals surface area contributed by atoms with Crippen LogP contribution in [0.3, 0.4) is 0 Å². The minimum Gasteiger partial charge on any atom is -0.374 e. The van der Waals surface area contributed by atoms with Crippen molar-refractivity contribution in [3.63, 3.8) is 0 Å². The molecule has 3 atom stereocenters. The molecule has 0 unspecified atom stereocenters. The SMILES string of the molecule is N[C@@H]1[C@H](Nc2ccccc2)[C@@]2(CCCO2)ON1c1ccccc1. The first kappa shape index (κ1) is 14.5. The predicted octanol–water partition coefficient (Wildman–Crippen LogP) is 2.71. The number of hydrogen-bond acceptors (Lipinski definition) is 5. The van der Waals surface area contributed by atoms with E-state index in [1.54, 1.807) is 5.06 Å². The fraction of sp³-hybridized carbons (Fsp3) is 0.333. The Morgan fingerprint density at radius 3 is 2.39 bits per heavy atom. The number of hydroxylamine groups is 1. The van der Waals surface area contributed by atoms with E-state index in [4.69, 9.17) is 15.3 Å². The van der Waals surface area contributed by atoms with Crippen molar-refractivity contribution < 1.29 is 9.57 Å². The first-order valence-corrected chi connectivity index (χ1v) is 8.03. The van der Waals surface area contributed by atoms with Gasteiger partial charge in [0.2, 0.25) is 5.79 Å². The zero-order valence-corrected chi connectivity index (χ0v) is 12.9. The number of nitrogens with one attached hydrogen (secondary N) is 1. The van der Waals surface area contributed by atoms with E-state index in [0.29, 0.717) is 6.61 Å². The highest BCUT2D eigenvalue weighted by Gasteiger charge is 2.56. The molecule has 5 heteroatoms. The Morgan fingerprint density at radius 1 is 1.04 bits per heavy atom. The molecular weight excluding hydrogens is 290 g/mol. The molecule has 2 saturated heterocycles. The van der Waals surface area contributed by atoms with Gasteiger partial charge in [-0.2, -0.15) is 0 Å². The molecule has 120 valence electrons. The molecule has 0 aliphatic carbocycles. The van der Waals surface area contributed by atoms with Crippen molar-refractivity contribution in [2.75, 3.05) is 17.0 Å². The van der Waals surface area contributed by atoms with Gasteiger partial charge in [-0.25, -0.2) is 9.90 Å². The maximum Gasteiger partial charge on any atom is 0.218 e. The summed E-state index contributed by atoms with van der Waals surface area (Å²) in [5.41, 5.74) is 8.47. The van der Waals surface area contributed by atoms with Crippen LogP contribution in [0.1, 0.15) is 12.8 Å². The van der Waals surface area contributed by atoms with Gasteiger partial charge in [-0.15, -0.1) is 0 Å². The molecule has 2 heterocycles. The number of benzene rings is 2. The second kappa shape index (κ2) is 5.85. The van der Waals surface area contributed by atoms with Gasteiger partial charge in [0.15, 0.2) is 0 Å². The average molecular weight is 311 g/mol. The fourth-order valence-electron chi connectivity index (χ4n) is 3.34. The summed E-state index contributed by atoms with van der Waals surface area (Å²) in [4.78, 5) is 6.22. The van der Waals surface area contributed by atoms with E-state index in [1.807, 2.05) is 60.7 Å². The first-order chi connectivity index (χ1) is 11.3. The summed E-state index contributed by atoms with van der Waals surface area (Å²) in [7, 11) is 0. The highest BCUT2D eigenvalue weighted by molar-refractivity contribution is 5.50. The highest BCUT2D eigenvalue weighted by atomic mass is 16.8. The summed E-state index contributed by atoms with van der Waals surface area (Å²) in [5, 5.41) is 5.28. The second-order valence-electron chi connectivity index (χ2n) is 6.00. The van der Waals surface area contributed by atoms with Gasteiger partial charge in [-0.3, -0.25) is 0 Å². The quantitative estimate of drug-likeness (QED) is 0.913. The molecule has 0 radical (unpaired) electrons. The van der Waals surface area contributed by atoms with Crippen LogP contribution in [0.15, 0.2) is 60.7 Å². The number of hydrogen-bond donors (Lipinski definition) is 2. The lowest BCUT2D eigenvalue weighted by Crippen LogP contribution is -2.52. The van der Waals surface area contributed by atoms with Crippen LogP contribution in [0.2, 0.25) is 0 Å². The molecule has 0 saturated carbocycles. The number of para-hydroxylation sites is 2. The van der Waals surface area contributed by atoms with Crippen molar-refractivity contribution in [2.45, 2.75) is 30.8 Å². The lowest BCUT2D eigenvalue weighted by molar-refractivity contribution is -0.190. The van der Waals surface area contributed by atoms with Crippen LogP contribution in [0.4, 0.5) is 11.4 Å². The third-order valence-electron chi connectivity index (χ3n) is 4.46. The largest absolute Gasteiger partial charge is 0.374 e. The van der Waals surface area contributed by atoms with E-state index in [0.717, 1.165) is 24.2 Å². The standard InChI is InChI=1S/C18H21N3O2/c19-17-16(20-14-8-3-1-4-9-14)18(12-7-13-22-18)23-21(17)15-10-5-2-6-11-15/h1-6,8-11,16-17,20H,7,12-13,19H2/t16-,17-,18+/m0/s1. The van der Waals surface area contributed by atoms with Crippen LogP contribution < -0.4 is 16.1 Å². The maximum absolute atomic E-state index is 6.52. The summed E-state index contributed by atoms with van der Waals surface area (Å²) in [6.07, 6.45) is 1.47. The average Bonchev–Trinajstić information content (AvgIpc) is 3.18. The number of anilines is 2. The molecule has 2 aromatic rings. The van der Waals surface area contributed by atoms with Gasteiger partial charge in [-0.05, 0) is 30.7 Å². The van der Waals surface area contributed by atoms with Crippen LogP contribution in [-0.2, 0) is 9.57 Å². The third-order valence-corrected chi connectivity index (χ3v) is 4.46. The van der Waals surface area contributed by atoms with E-state index >= 15 is 0 Å². The molecule has 0 aromatic heterocycles. The van der Waals surface area contributed by atoms with Crippen molar-refractivity contribution in [3.8, 4) is 0 Å². The van der Waals surface area contributed by atoms with Crippen molar-refractivity contribution in [1.29, 1.82) is 0 Å². The fourth-order valence-corrected chi connectivity index (χ4v) is 3.34. The van der Waals surface area contributed by atoms with Gasteiger partial charge in [0.25, 0.3) is 0 Å². The van der Waals surface area contributed by atoms with Crippen molar-refractivity contribution >= 4 is 11.4 Å². The van der Waals surface area contributed by atoms with E-state index < -0.39 is 5.79 Å². The van der Waals surface area contributed by atoms with Crippen LogP contribution in [0, 0.1) is 0 Å². The number of ether oxygens (including phenoxy) is 1. The smallest absolute Gasteiger partial charge is 0.218 e. The summed E-state index contributed by atoms with van der Waals surface area (Å²) in [6, 6.07) is 19.8. The zero-order valence-electron chi connectivity index (χ0n) is 12.9. The molecule has 23 heavy (non-hydrogen) atoms. The number of nitrogens with two attached hydrogens (primary N) is 1. The predicted molar refractivity (Wildman–Crippen MR) is 89.8 cm³/mol. The molecule has 2 aliphatic rings. The Labute approximate surface area is 135 Å². The Hall–Kier alpha value is -2.08. The van der Waals surface area contributed by atoms with Gasteiger partial charge in [-0.1, -0.05) is 36.4 Å². The maximum atomic E-state index is 6.52. The Bertz CT molecular complexity index is 644. The molecule has 0 bridgehead atoms. The highest BCUT2D eigenvalue weighted by Crippen LogP contribution is 2.41. The van der Waals surface area contributed by atoms with Crippen molar-refractivity contribution in [2.24, 2.45) is 5.73 Å². The molecule has 2 fully saturated rings. The van der Waals surface area contributed by atoms with E-state index in [2.05, 4.69) is 5.32 Å². The molecule has 2 aliphatic heterocycles. The van der Waals surface area contributed by atoms with Gasteiger partial charge >= 0.3 is 0 Å². The lowest BCUT2D eigenvalue weighted by Gasteiger charge is -2.29. The monoisotopic (exact) mass is 311 g/mol. The van der Waals surface area contributed by atoms with Crippen LogP contribution in [0.25, 0.3) is 0 Å². The normalized spacial score (nSPS) is 30.0. The van der Waals surface area contributed by atoms with E-state index in [9.17, 15) is 0 Å². The van der Waals surface area contributed by atoms with Gasteiger partial charge < -0.3 is 15.8 Å². The molecule has 1 spiro atoms. The Kier molecular flexibility index (Phi) is 3.69. The summed E-state index contributed by atoms with van der Waals surface area (Å²) in [6.45, 7) is 0.697. The molecule has 5 nitrogen and oxygen atoms in total. The Balaban J connectivity index is 1.65. The third kappa shape index (κ3) is 2.57. The minimum absolute atomic E-state index is 0.146. The van der Waals surface area contributed by atoms with E-state index in [1.165, 1.54) is 0 Å². The van der Waals surface area contributed by atoms with Crippen LogP contribution in [-0.4, -0.2) is 24.6 Å². The van der Waals surface area contributed by atoms with Crippen molar-refractivity contribution in [1.82, 2.24) is 0 Å². The number of rotatable bonds is 3. The summed E-state index contributed by atoms with van der Waals surface area (Å²) in [5.74, 6) is -0.703. The van der Waals surface area contributed by atoms with Gasteiger partial charge in [0.05, 0.1) is 12.3 Å². The minimum atomic E-state index is -0.703. The topological polar surface area (TPSA) is 59.8 Å². The molecular formula is C18H21N3O2. The van der Waals surface area contributed by atoms with Gasteiger partial charge in [0, 0.05) is 12.1 Å². The lowest BCUT2D eigenvalue weighted by atomic mass is 10.0. The molecule has 4 rings (SSSR count). The summed E-state index contributed by atoms with van der Waals surface area (Å²) >= 11 is 0. The van der Waals surface area contributed by atoms with Gasteiger partial charge in [0.1, 0.15) is 12.2 Å². The Morgan fingerprint density at radius 2 is 1.74 bits per heavy atom. The summed E-state index contributed by atoms with van der Waals surface area (Å²) < 4.78 is 6.00. The van der Waals surface area contributed by atoms with Crippen molar-refractivity contribution in [3.05, 3.63) is 60.7 Å². The molecule has 2 aromatic carbocycles. The molecule has 3 N–H and O–H groups in total. The second-order valence-corrected chi connectivity index (χ2v) is 6.00.